The number of hydrogen-bond donors (Lipinski definition) is 4. The Bertz CT molecular complexity index is 988. The number of aromatic nitrogens is 6. The summed E-state index contributed by atoms with van der Waals surface area (Å²) in [5.74, 6) is 0.857. The monoisotopic (exact) mass is 293 g/mol. The van der Waals surface area contributed by atoms with Gasteiger partial charge in [-0.15, -0.1) is 0 Å². The minimum absolute atomic E-state index is 0.0233. The molecule has 0 saturated heterocycles. The Labute approximate surface area is 123 Å². The van der Waals surface area contributed by atoms with Crippen LogP contribution in [0.5, 0.6) is 0 Å². The molecule has 0 bridgehead atoms. The summed E-state index contributed by atoms with van der Waals surface area (Å²) in [4.78, 5) is 24.0. The molecule has 0 amide bonds. The molecule has 4 rings (SSSR count). The molecule has 0 radical (unpaired) electrons. The lowest BCUT2D eigenvalue weighted by molar-refractivity contribution is 1.16. The third-order valence-electron chi connectivity index (χ3n) is 3.22. The van der Waals surface area contributed by atoms with Crippen LogP contribution in [0, 0.1) is 0 Å². The number of nitrogens with one attached hydrogen (secondary N) is 1. The largest absolute Gasteiger partial charge is 0.382 e. The van der Waals surface area contributed by atoms with Crippen LogP contribution in [0.15, 0.2) is 24.3 Å². The van der Waals surface area contributed by atoms with Crippen molar-refractivity contribution in [1.82, 2.24) is 29.9 Å². The Morgan fingerprint density at radius 2 is 1.64 bits per heavy atom. The van der Waals surface area contributed by atoms with Crippen LogP contribution >= 0.6 is 0 Å². The molecular weight excluding hydrogens is 282 g/mol. The second-order valence-electron chi connectivity index (χ2n) is 4.70. The number of para-hydroxylation sites is 2. The predicted molar refractivity (Wildman–Crippen MR) is 83.5 cm³/mol. The van der Waals surface area contributed by atoms with Crippen molar-refractivity contribution in [3.63, 3.8) is 0 Å². The summed E-state index contributed by atoms with van der Waals surface area (Å²) in [6.45, 7) is 0. The summed E-state index contributed by atoms with van der Waals surface area (Å²) in [5.41, 5.74) is 20.0. The molecule has 0 aliphatic rings. The highest BCUT2D eigenvalue weighted by atomic mass is 15.1. The van der Waals surface area contributed by atoms with Gasteiger partial charge in [-0.05, 0) is 12.1 Å². The van der Waals surface area contributed by atoms with E-state index in [-0.39, 0.29) is 23.2 Å². The maximum absolute atomic E-state index is 5.97. The van der Waals surface area contributed by atoms with Gasteiger partial charge >= 0.3 is 0 Å². The van der Waals surface area contributed by atoms with E-state index in [0.29, 0.717) is 17.0 Å². The molecule has 1 aromatic carbocycles. The molecule has 9 heteroatoms. The number of nitrogen functional groups attached to an aromatic ring is 3. The SMILES string of the molecule is Nc1nc(N)c2nc(-c3nc4ccccc4[nH]3)c(N)nc2n1. The Morgan fingerprint density at radius 1 is 0.818 bits per heavy atom. The van der Waals surface area contributed by atoms with E-state index in [2.05, 4.69) is 29.9 Å². The molecule has 0 spiro atoms. The van der Waals surface area contributed by atoms with Gasteiger partial charge in [-0.3, -0.25) is 0 Å². The summed E-state index contributed by atoms with van der Waals surface area (Å²) >= 11 is 0. The number of anilines is 3. The molecule has 9 nitrogen and oxygen atoms in total. The van der Waals surface area contributed by atoms with Gasteiger partial charge < -0.3 is 22.2 Å². The molecule has 0 saturated carbocycles. The Hall–Kier alpha value is -3.49. The van der Waals surface area contributed by atoms with Crippen LogP contribution in [0.2, 0.25) is 0 Å². The third-order valence-corrected chi connectivity index (χ3v) is 3.22. The molecule has 4 aromatic rings. The normalized spacial score (nSPS) is 11.3. The van der Waals surface area contributed by atoms with Crippen LogP contribution in [-0.4, -0.2) is 29.9 Å². The summed E-state index contributed by atoms with van der Waals surface area (Å²) in [5, 5.41) is 0. The van der Waals surface area contributed by atoms with E-state index in [0.717, 1.165) is 11.0 Å². The van der Waals surface area contributed by atoms with E-state index in [1.807, 2.05) is 24.3 Å². The lowest BCUT2D eigenvalue weighted by atomic mass is 10.3. The van der Waals surface area contributed by atoms with Crippen LogP contribution in [0.25, 0.3) is 33.7 Å². The Kier molecular flexibility index (Phi) is 2.37. The zero-order chi connectivity index (χ0) is 15.3. The number of rotatable bonds is 1. The van der Waals surface area contributed by atoms with Gasteiger partial charge in [0.1, 0.15) is 5.69 Å². The highest BCUT2D eigenvalue weighted by Crippen LogP contribution is 2.26. The number of benzene rings is 1. The van der Waals surface area contributed by atoms with E-state index >= 15 is 0 Å². The fourth-order valence-corrected chi connectivity index (χ4v) is 2.24. The van der Waals surface area contributed by atoms with E-state index in [9.17, 15) is 0 Å². The molecule has 108 valence electrons. The van der Waals surface area contributed by atoms with Gasteiger partial charge in [-0.2, -0.15) is 9.97 Å². The molecule has 0 aliphatic carbocycles. The minimum atomic E-state index is 0.0233. The van der Waals surface area contributed by atoms with E-state index < -0.39 is 0 Å². The van der Waals surface area contributed by atoms with Crippen LogP contribution in [0.3, 0.4) is 0 Å². The third kappa shape index (κ3) is 1.76. The van der Waals surface area contributed by atoms with Crippen molar-refractivity contribution in [3.05, 3.63) is 24.3 Å². The molecule has 0 aliphatic heterocycles. The van der Waals surface area contributed by atoms with Gasteiger partial charge in [0.25, 0.3) is 0 Å². The smallest absolute Gasteiger partial charge is 0.224 e. The Morgan fingerprint density at radius 3 is 2.45 bits per heavy atom. The quantitative estimate of drug-likeness (QED) is 0.399. The van der Waals surface area contributed by atoms with Crippen molar-refractivity contribution < 1.29 is 0 Å². The Balaban J connectivity index is 1.99. The molecule has 7 N–H and O–H groups in total. The van der Waals surface area contributed by atoms with E-state index in [1.165, 1.54) is 0 Å². The number of nitrogens with zero attached hydrogens (tertiary/aromatic N) is 5. The van der Waals surface area contributed by atoms with Gasteiger partial charge in [0.15, 0.2) is 28.6 Å². The van der Waals surface area contributed by atoms with Crippen LogP contribution in [0.4, 0.5) is 17.6 Å². The average Bonchev–Trinajstić information content (AvgIpc) is 2.89. The molecule has 3 heterocycles. The fourth-order valence-electron chi connectivity index (χ4n) is 2.24. The topological polar surface area (TPSA) is 158 Å². The minimum Gasteiger partial charge on any atom is -0.382 e. The van der Waals surface area contributed by atoms with E-state index in [1.54, 1.807) is 0 Å². The number of hydrogen-bond acceptors (Lipinski definition) is 8. The molecule has 0 unspecified atom stereocenters. The first-order valence-corrected chi connectivity index (χ1v) is 6.43. The van der Waals surface area contributed by atoms with Gasteiger partial charge in [-0.25, -0.2) is 15.0 Å². The summed E-state index contributed by atoms with van der Waals surface area (Å²) in [6.07, 6.45) is 0. The van der Waals surface area contributed by atoms with Crippen LogP contribution < -0.4 is 17.2 Å². The molecule has 22 heavy (non-hydrogen) atoms. The predicted octanol–water partition coefficient (Wildman–Crippen LogP) is 0.710. The lowest BCUT2D eigenvalue weighted by Crippen LogP contribution is -2.06. The van der Waals surface area contributed by atoms with Crippen LogP contribution in [0.1, 0.15) is 0 Å². The molecule has 0 atom stereocenters. The first-order chi connectivity index (χ1) is 10.6. The zero-order valence-electron chi connectivity index (χ0n) is 11.3. The van der Waals surface area contributed by atoms with E-state index in [4.69, 9.17) is 17.2 Å². The van der Waals surface area contributed by atoms with Crippen molar-refractivity contribution in [3.8, 4) is 11.5 Å². The lowest BCUT2D eigenvalue weighted by Gasteiger charge is -2.05. The standard InChI is InChI=1S/C13H11N9/c14-9-7(11-17-5-3-1-2-4-6(5)18-11)19-8-10(15)21-13(16)22-12(8)20-9/h1-4H,(H,17,18)(H6,14,15,16,20,21,22). The summed E-state index contributed by atoms with van der Waals surface area (Å²) < 4.78 is 0. The van der Waals surface area contributed by atoms with Crippen molar-refractivity contribution in [1.29, 1.82) is 0 Å². The van der Waals surface area contributed by atoms with Gasteiger partial charge in [0, 0.05) is 0 Å². The second kappa shape index (κ2) is 4.25. The maximum Gasteiger partial charge on any atom is 0.224 e. The second-order valence-corrected chi connectivity index (χ2v) is 4.70. The average molecular weight is 293 g/mol. The van der Waals surface area contributed by atoms with Gasteiger partial charge in [0.05, 0.1) is 11.0 Å². The van der Waals surface area contributed by atoms with Crippen molar-refractivity contribution >= 4 is 39.8 Å². The summed E-state index contributed by atoms with van der Waals surface area (Å²) in [7, 11) is 0. The molecule has 0 fully saturated rings. The van der Waals surface area contributed by atoms with Gasteiger partial charge in [-0.1, -0.05) is 12.1 Å². The summed E-state index contributed by atoms with van der Waals surface area (Å²) in [6, 6.07) is 7.61. The number of fused-ring (bicyclic) bond motifs is 2. The first-order valence-electron chi connectivity index (χ1n) is 6.43. The molecule has 3 aromatic heterocycles. The van der Waals surface area contributed by atoms with Crippen molar-refractivity contribution in [2.45, 2.75) is 0 Å². The highest BCUT2D eigenvalue weighted by molar-refractivity contribution is 5.87. The van der Waals surface area contributed by atoms with Crippen molar-refractivity contribution in [2.75, 3.05) is 17.2 Å². The highest BCUT2D eigenvalue weighted by Gasteiger charge is 2.15. The molecular formula is C13H11N9. The zero-order valence-corrected chi connectivity index (χ0v) is 11.3. The number of nitrogens with two attached hydrogens (primary N) is 3. The van der Waals surface area contributed by atoms with Crippen molar-refractivity contribution in [2.24, 2.45) is 0 Å². The maximum atomic E-state index is 5.97. The fraction of sp³-hybridized carbons (Fsp3) is 0. The number of H-pyrrole nitrogens is 1. The van der Waals surface area contributed by atoms with Crippen LogP contribution in [-0.2, 0) is 0 Å². The first kappa shape index (κ1) is 12.3. The number of aromatic amines is 1. The van der Waals surface area contributed by atoms with Gasteiger partial charge in [0.2, 0.25) is 5.95 Å². The number of imidazole rings is 1.